The van der Waals surface area contributed by atoms with Crippen LogP contribution >= 0.6 is 0 Å². The highest BCUT2D eigenvalue weighted by Crippen LogP contribution is 1.89. The van der Waals surface area contributed by atoms with Crippen LogP contribution in [0.15, 0.2) is 0 Å². The van der Waals surface area contributed by atoms with Crippen LogP contribution in [-0.4, -0.2) is 48.0 Å². The molecule has 3 N–H and O–H groups in total. The van der Waals surface area contributed by atoms with Crippen molar-refractivity contribution >= 4 is 11.9 Å². The fourth-order valence-corrected chi connectivity index (χ4v) is 0.718. The molecule has 1 atom stereocenters. The van der Waals surface area contributed by atoms with Crippen LogP contribution in [0.4, 0.5) is 0 Å². The Hall–Kier alpha value is -1.14. The van der Waals surface area contributed by atoms with Gasteiger partial charge in [0.2, 0.25) is 5.91 Å². The summed E-state index contributed by atoms with van der Waals surface area (Å²) in [7, 11) is 0. The fraction of sp³-hybridized carbons (Fsp3) is 0.750. The molecule has 0 saturated heterocycles. The Labute approximate surface area is 81.9 Å². The molecule has 0 aromatic rings. The van der Waals surface area contributed by atoms with Crippen LogP contribution in [0.1, 0.15) is 13.3 Å². The van der Waals surface area contributed by atoms with E-state index in [-0.39, 0.29) is 25.5 Å². The Balaban J connectivity index is 3.44. The van der Waals surface area contributed by atoms with E-state index in [4.69, 9.17) is 14.9 Å². The van der Waals surface area contributed by atoms with Crippen molar-refractivity contribution in [3.05, 3.63) is 0 Å². The summed E-state index contributed by atoms with van der Waals surface area (Å²) in [5.74, 6) is -1.60. The number of aliphatic carboxylic acids is 1. The van der Waals surface area contributed by atoms with Gasteiger partial charge in [-0.3, -0.25) is 4.79 Å². The first-order valence-electron chi connectivity index (χ1n) is 4.33. The van der Waals surface area contributed by atoms with Gasteiger partial charge in [0.15, 0.2) is 6.10 Å². The van der Waals surface area contributed by atoms with Gasteiger partial charge in [-0.05, 0) is 6.92 Å². The molecule has 0 saturated carbocycles. The number of hydrogen-bond donors (Lipinski definition) is 3. The number of aliphatic hydroxyl groups is 1. The van der Waals surface area contributed by atoms with Gasteiger partial charge in [-0.25, -0.2) is 4.79 Å². The first kappa shape index (κ1) is 12.9. The average Bonchev–Trinajstić information content (AvgIpc) is 2.14. The molecule has 0 rings (SSSR count). The Morgan fingerprint density at radius 1 is 1.50 bits per heavy atom. The minimum atomic E-state index is -1.43. The van der Waals surface area contributed by atoms with E-state index in [1.165, 1.54) is 0 Å². The molecular weight excluding hydrogens is 190 g/mol. The Bertz CT molecular complexity index is 194. The number of nitrogens with one attached hydrogen (secondary N) is 1. The van der Waals surface area contributed by atoms with Gasteiger partial charge >= 0.3 is 5.97 Å². The molecule has 0 unspecified atom stereocenters. The highest BCUT2D eigenvalue weighted by Gasteiger charge is 2.12. The highest BCUT2D eigenvalue weighted by molar-refractivity contribution is 5.77. The van der Waals surface area contributed by atoms with Crippen LogP contribution in [0.3, 0.4) is 0 Å². The maximum atomic E-state index is 10.9. The van der Waals surface area contributed by atoms with Crippen molar-refractivity contribution in [3.63, 3.8) is 0 Å². The number of carboxylic acid groups (broad SMARTS) is 1. The maximum Gasteiger partial charge on any atom is 0.332 e. The summed E-state index contributed by atoms with van der Waals surface area (Å²) in [6.07, 6.45) is -1.44. The zero-order chi connectivity index (χ0) is 11.0. The zero-order valence-electron chi connectivity index (χ0n) is 8.02. The molecule has 0 radical (unpaired) electrons. The van der Waals surface area contributed by atoms with Crippen molar-refractivity contribution in [2.45, 2.75) is 19.4 Å². The molecule has 6 heteroatoms. The van der Waals surface area contributed by atoms with E-state index in [1.807, 2.05) is 0 Å². The van der Waals surface area contributed by atoms with Gasteiger partial charge in [0.1, 0.15) is 6.61 Å². The minimum absolute atomic E-state index is 0.00675. The van der Waals surface area contributed by atoms with E-state index >= 15 is 0 Å². The summed E-state index contributed by atoms with van der Waals surface area (Å²) in [5.41, 5.74) is 0. The summed E-state index contributed by atoms with van der Waals surface area (Å²) in [6.45, 7) is 2.30. The fourth-order valence-electron chi connectivity index (χ4n) is 0.718. The number of hydrogen-bond acceptors (Lipinski definition) is 4. The Morgan fingerprint density at radius 3 is 2.64 bits per heavy atom. The number of aliphatic hydroxyl groups excluding tert-OH is 1. The first-order valence-corrected chi connectivity index (χ1v) is 4.33. The van der Waals surface area contributed by atoms with E-state index in [0.717, 1.165) is 0 Å². The van der Waals surface area contributed by atoms with Crippen molar-refractivity contribution in [3.8, 4) is 0 Å². The molecule has 0 aliphatic heterocycles. The molecule has 0 aliphatic rings. The number of carboxylic acids is 1. The van der Waals surface area contributed by atoms with E-state index < -0.39 is 12.1 Å². The lowest BCUT2D eigenvalue weighted by Crippen LogP contribution is -2.32. The normalized spacial score (nSPS) is 12.1. The molecule has 0 aliphatic carbocycles. The minimum Gasteiger partial charge on any atom is -0.479 e. The topological polar surface area (TPSA) is 95.9 Å². The zero-order valence-corrected chi connectivity index (χ0v) is 8.02. The Kier molecular flexibility index (Phi) is 6.69. The maximum absolute atomic E-state index is 10.9. The van der Waals surface area contributed by atoms with Crippen molar-refractivity contribution in [2.75, 3.05) is 19.8 Å². The second-order valence-corrected chi connectivity index (χ2v) is 2.63. The molecule has 0 aromatic heterocycles. The van der Waals surface area contributed by atoms with Gasteiger partial charge in [0, 0.05) is 19.6 Å². The van der Waals surface area contributed by atoms with Gasteiger partial charge in [0.25, 0.3) is 0 Å². The lowest BCUT2D eigenvalue weighted by atomic mass is 10.2. The average molecular weight is 205 g/mol. The quantitative estimate of drug-likeness (QED) is 0.494. The molecular formula is C8H15NO5. The highest BCUT2D eigenvalue weighted by atomic mass is 16.5. The van der Waals surface area contributed by atoms with E-state index in [2.05, 4.69) is 5.32 Å². The molecule has 0 bridgehead atoms. The second kappa shape index (κ2) is 7.28. The van der Waals surface area contributed by atoms with Crippen LogP contribution in [0, 0.1) is 0 Å². The largest absolute Gasteiger partial charge is 0.479 e. The third-order valence-corrected chi connectivity index (χ3v) is 1.46. The van der Waals surface area contributed by atoms with Crippen LogP contribution in [-0.2, 0) is 14.3 Å². The first-order chi connectivity index (χ1) is 6.57. The van der Waals surface area contributed by atoms with Gasteiger partial charge in [-0.15, -0.1) is 0 Å². The van der Waals surface area contributed by atoms with Crippen LogP contribution in [0.2, 0.25) is 0 Å². The number of amides is 1. The smallest absolute Gasteiger partial charge is 0.332 e. The van der Waals surface area contributed by atoms with Gasteiger partial charge in [-0.2, -0.15) is 0 Å². The van der Waals surface area contributed by atoms with Crippen LogP contribution in [0.25, 0.3) is 0 Å². The van der Waals surface area contributed by atoms with E-state index in [1.54, 1.807) is 6.92 Å². The molecule has 0 fully saturated rings. The predicted molar refractivity (Wildman–Crippen MR) is 47.8 cm³/mol. The lowest BCUT2D eigenvalue weighted by Gasteiger charge is -2.06. The molecule has 0 spiro atoms. The summed E-state index contributed by atoms with van der Waals surface area (Å²) in [4.78, 5) is 21.0. The lowest BCUT2D eigenvalue weighted by molar-refractivity contribution is -0.147. The molecule has 0 aromatic carbocycles. The third-order valence-electron chi connectivity index (χ3n) is 1.46. The second-order valence-electron chi connectivity index (χ2n) is 2.63. The van der Waals surface area contributed by atoms with Crippen molar-refractivity contribution in [1.29, 1.82) is 0 Å². The number of rotatable bonds is 7. The number of carbonyl (C=O) groups excluding carboxylic acids is 1. The summed E-state index contributed by atoms with van der Waals surface area (Å²) >= 11 is 0. The molecule has 6 nitrogen and oxygen atoms in total. The SMILES string of the molecule is CCOCC(=O)NCC[C@H](O)C(=O)O. The number of ether oxygens (including phenoxy) is 1. The third kappa shape index (κ3) is 6.38. The summed E-state index contributed by atoms with van der Waals surface area (Å²) < 4.78 is 4.81. The Morgan fingerprint density at radius 2 is 2.14 bits per heavy atom. The summed E-state index contributed by atoms with van der Waals surface area (Å²) in [6, 6.07) is 0. The molecule has 14 heavy (non-hydrogen) atoms. The van der Waals surface area contributed by atoms with Crippen LogP contribution in [0.5, 0.6) is 0 Å². The molecule has 82 valence electrons. The van der Waals surface area contributed by atoms with Crippen molar-refractivity contribution in [2.24, 2.45) is 0 Å². The van der Waals surface area contributed by atoms with Crippen molar-refractivity contribution in [1.82, 2.24) is 5.32 Å². The molecule has 0 heterocycles. The van der Waals surface area contributed by atoms with Crippen LogP contribution < -0.4 is 5.32 Å². The van der Waals surface area contributed by atoms with Gasteiger partial charge < -0.3 is 20.3 Å². The van der Waals surface area contributed by atoms with E-state index in [9.17, 15) is 9.59 Å². The van der Waals surface area contributed by atoms with E-state index in [0.29, 0.717) is 6.61 Å². The van der Waals surface area contributed by atoms with Gasteiger partial charge in [0.05, 0.1) is 0 Å². The van der Waals surface area contributed by atoms with Crippen molar-refractivity contribution < 1.29 is 24.5 Å². The predicted octanol–water partition coefficient (Wildman–Crippen LogP) is -1.03. The van der Waals surface area contributed by atoms with Gasteiger partial charge in [-0.1, -0.05) is 0 Å². The standard InChI is InChI=1S/C8H15NO5/c1-2-14-5-7(11)9-4-3-6(10)8(12)13/h6,10H,2-5H2,1H3,(H,9,11)(H,12,13)/t6-/m0/s1. The molecule has 1 amide bonds. The number of carbonyl (C=O) groups is 2. The summed E-state index contributed by atoms with van der Waals surface area (Å²) in [5, 5.41) is 19.6. The monoisotopic (exact) mass is 205 g/mol.